The lowest BCUT2D eigenvalue weighted by atomic mass is 10.1. The highest BCUT2D eigenvalue weighted by atomic mass is 16.3. The number of benzene rings is 1. The van der Waals surface area contributed by atoms with Gasteiger partial charge < -0.3 is 15.5 Å². The van der Waals surface area contributed by atoms with Gasteiger partial charge in [-0.2, -0.15) is 0 Å². The van der Waals surface area contributed by atoms with Gasteiger partial charge in [0.15, 0.2) is 0 Å². The molecule has 0 saturated carbocycles. The second-order valence-electron chi connectivity index (χ2n) is 2.27. The van der Waals surface area contributed by atoms with E-state index in [0.717, 1.165) is 6.07 Å². The van der Waals surface area contributed by atoms with Crippen LogP contribution in [0, 0.1) is 0 Å². The third-order valence-electron chi connectivity index (χ3n) is 1.36. The maximum absolute atomic E-state index is 9.76. The molecule has 0 heterocycles. The maximum Gasteiger partial charge on any atom is 0.115 e. The Kier molecular flexibility index (Phi) is 1.90. The Morgan fingerprint density at radius 3 is 3.08 bits per heavy atom. The molecule has 0 unspecified atom stereocenters. The van der Waals surface area contributed by atoms with Crippen LogP contribution in [0.3, 0.4) is 0 Å². The number of hydrogen-bond acceptors (Lipinski definition) is 3. The van der Waals surface area contributed by atoms with Crippen molar-refractivity contribution in [1.29, 1.82) is 0 Å². The summed E-state index contributed by atoms with van der Waals surface area (Å²) >= 11 is 0. The monoisotopic (exact) mass is 170 g/mol. The molecule has 0 aromatic heterocycles. The highest BCUT2D eigenvalue weighted by Crippen LogP contribution is 2.17. The molecule has 0 spiro atoms. The number of phenolic OH excluding ortho intramolecular Hbond substituents is 1. The van der Waals surface area contributed by atoms with E-state index in [1.807, 2.05) is 0 Å². The lowest BCUT2D eigenvalue weighted by Crippen LogP contribution is -2.16. The van der Waals surface area contributed by atoms with Crippen molar-refractivity contribution in [2.75, 3.05) is 13.5 Å². The van der Waals surface area contributed by atoms with Crippen molar-refractivity contribution in [3.05, 3.63) is 29.8 Å². The van der Waals surface area contributed by atoms with Crippen molar-refractivity contribution in [2.45, 2.75) is 6.08 Å². The molecule has 66 valence electrons. The van der Waals surface area contributed by atoms with E-state index in [1.54, 1.807) is 0 Å². The van der Waals surface area contributed by atoms with Gasteiger partial charge in [0.25, 0.3) is 0 Å². The minimum Gasteiger partial charge on any atom is -0.508 e. The lowest BCUT2D eigenvalue weighted by Gasteiger charge is -2.09. The van der Waals surface area contributed by atoms with Gasteiger partial charge in [-0.3, -0.25) is 0 Å². The van der Waals surface area contributed by atoms with E-state index < -0.39 is 12.6 Å². The maximum atomic E-state index is 9.76. The highest BCUT2D eigenvalue weighted by molar-refractivity contribution is 5.28. The molecule has 0 fully saturated rings. The molecule has 1 aromatic rings. The quantitative estimate of drug-likeness (QED) is 0.624. The summed E-state index contributed by atoms with van der Waals surface area (Å²) in [5, 5.41) is 21.1. The third kappa shape index (κ3) is 2.22. The van der Waals surface area contributed by atoms with Crippen LogP contribution in [0.25, 0.3) is 0 Å². The average molecular weight is 170 g/mol. The molecule has 0 amide bonds. The molecule has 1 rings (SSSR count). The first-order chi connectivity index (χ1) is 6.81. The average Bonchev–Trinajstić information content (AvgIpc) is 2.17. The van der Waals surface area contributed by atoms with Crippen molar-refractivity contribution in [3.63, 3.8) is 0 Å². The number of aliphatic hydroxyl groups is 1. The van der Waals surface area contributed by atoms with Gasteiger partial charge >= 0.3 is 0 Å². The van der Waals surface area contributed by atoms with Gasteiger partial charge in [-0.15, -0.1) is 0 Å². The van der Waals surface area contributed by atoms with Crippen LogP contribution in [0.5, 0.6) is 5.75 Å². The summed E-state index contributed by atoms with van der Waals surface area (Å²) in [7, 11) is 1.31. The van der Waals surface area contributed by atoms with Gasteiger partial charge in [0.1, 0.15) is 5.75 Å². The summed E-state index contributed by atoms with van der Waals surface area (Å²) < 4.78 is 22.4. The molecule has 0 radical (unpaired) electrons. The molecule has 3 heteroatoms. The molecular weight excluding hydrogens is 154 g/mol. The van der Waals surface area contributed by atoms with Crippen molar-refractivity contribution in [2.24, 2.45) is 0 Å². The number of likely N-dealkylation sites (N-methyl/N-ethyl adjacent to an activating group) is 1. The van der Waals surface area contributed by atoms with E-state index in [-0.39, 0.29) is 11.3 Å². The van der Waals surface area contributed by atoms with Crippen LogP contribution in [0.2, 0.25) is 0 Å². The molecule has 0 aliphatic heterocycles. The molecule has 12 heavy (non-hydrogen) atoms. The van der Waals surface area contributed by atoms with Crippen molar-refractivity contribution in [1.82, 2.24) is 5.32 Å². The van der Waals surface area contributed by atoms with Gasteiger partial charge in [-0.1, -0.05) is 12.1 Å². The van der Waals surface area contributed by atoms with Crippen LogP contribution in [-0.4, -0.2) is 23.8 Å². The zero-order chi connectivity index (χ0) is 11.7. The molecule has 1 aromatic carbocycles. The lowest BCUT2D eigenvalue weighted by molar-refractivity contribution is 0.177. The molecular formula is C9H13NO2. The number of phenols is 1. The molecule has 3 nitrogen and oxygen atoms in total. The predicted molar refractivity (Wildman–Crippen MR) is 47.0 cm³/mol. The third-order valence-corrected chi connectivity index (χ3v) is 1.36. The standard InChI is InChI=1S/C9H13NO2/c1-10-6-9(12)7-3-2-4-8(11)5-7/h2-5,9-12H,6H2,1H3/t9-/m1/s1/i6D2,9D. The first-order valence-electron chi connectivity index (χ1n) is 5.02. The molecule has 0 bridgehead atoms. The molecule has 1 atom stereocenters. The first-order valence-corrected chi connectivity index (χ1v) is 3.52. The minimum atomic E-state index is -2.46. The Balaban J connectivity index is 3.16. The summed E-state index contributed by atoms with van der Waals surface area (Å²) in [6, 6.07) is 5.36. The van der Waals surface area contributed by atoms with Crippen LogP contribution in [-0.2, 0) is 0 Å². The highest BCUT2D eigenvalue weighted by Gasteiger charge is 2.05. The van der Waals surface area contributed by atoms with Crippen LogP contribution < -0.4 is 5.32 Å². The van der Waals surface area contributed by atoms with E-state index in [0.29, 0.717) is 0 Å². The Hall–Kier alpha value is -1.06. The predicted octanol–water partition coefficient (Wildman–Crippen LogP) is 0.645. The number of hydrogen-bond donors (Lipinski definition) is 3. The molecule has 0 saturated heterocycles. The van der Waals surface area contributed by atoms with E-state index in [4.69, 9.17) is 4.11 Å². The molecule has 3 N–H and O–H groups in total. The summed E-state index contributed by atoms with van der Waals surface area (Å²) in [5.41, 5.74) is -0.0122. The number of aromatic hydroxyl groups is 1. The summed E-state index contributed by atoms with van der Waals surface area (Å²) in [6.45, 7) is -2.30. The Morgan fingerprint density at radius 1 is 1.75 bits per heavy atom. The zero-order valence-corrected chi connectivity index (χ0v) is 6.70. The van der Waals surface area contributed by atoms with Crippen LogP contribution >= 0.6 is 0 Å². The number of rotatable bonds is 3. The SMILES string of the molecule is [2H]C([2H])(NC)[C@@]([2H])(O)c1cccc(O)c1. The minimum absolute atomic E-state index is 0.0122. The van der Waals surface area contributed by atoms with Crippen molar-refractivity contribution >= 4 is 0 Å². The summed E-state index contributed by atoms with van der Waals surface area (Å²) in [5.74, 6) is -0.120. The second-order valence-corrected chi connectivity index (χ2v) is 2.27. The smallest absolute Gasteiger partial charge is 0.115 e. The van der Waals surface area contributed by atoms with Crippen LogP contribution in [0.1, 0.15) is 15.8 Å². The molecule has 0 aliphatic carbocycles. The largest absolute Gasteiger partial charge is 0.508 e. The fourth-order valence-corrected chi connectivity index (χ4v) is 0.844. The summed E-state index contributed by atoms with van der Waals surface area (Å²) in [6.07, 6.45) is -2.46. The van der Waals surface area contributed by atoms with E-state index in [9.17, 15) is 10.2 Å². The normalized spacial score (nSPS) is 20.3. The van der Waals surface area contributed by atoms with Crippen molar-refractivity contribution in [3.8, 4) is 5.75 Å². The van der Waals surface area contributed by atoms with E-state index >= 15 is 0 Å². The second kappa shape index (κ2) is 4.09. The molecule has 0 aliphatic rings. The zero-order valence-electron chi connectivity index (χ0n) is 9.70. The van der Waals surface area contributed by atoms with E-state index in [2.05, 4.69) is 5.32 Å². The fourth-order valence-electron chi connectivity index (χ4n) is 0.844. The fraction of sp³-hybridized carbons (Fsp3) is 0.333. The van der Waals surface area contributed by atoms with Gasteiger partial charge in [0, 0.05) is 9.24 Å². The van der Waals surface area contributed by atoms with Gasteiger partial charge in [-0.25, -0.2) is 0 Å². The first kappa shape index (κ1) is 5.56. The van der Waals surface area contributed by atoms with Gasteiger partial charge in [0.2, 0.25) is 0 Å². The Morgan fingerprint density at radius 2 is 2.50 bits per heavy atom. The van der Waals surface area contributed by atoms with Crippen molar-refractivity contribution < 1.29 is 14.3 Å². The number of nitrogens with one attached hydrogen (secondary N) is 1. The summed E-state index contributed by atoms with van der Waals surface area (Å²) in [4.78, 5) is 0. The topological polar surface area (TPSA) is 52.5 Å². The van der Waals surface area contributed by atoms with Gasteiger partial charge in [-0.05, 0) is 24.7 Å². The van der Waals surface area contributed by atoms with Gasteiger partial charge in [0.05, 0.1) is 7.45 Å². The Labute approximate surface area is 75.9 Å². The van der Waals surface area contributed by atoms with Crippen LogP contribution in [0.4, 0.5) is 0 Å². The van der Waals surface area contributed by atoms with E-state index in [1.165, 1.54) is 25.2 Å². The Bertz CT molecular complexity index is 355. The van der Waals surface area contributed by atoms with Crippen LogP contribution in [0.15, 0.2) is 24.3 Å².